The summed E-state index contributed by atoms with van der Waals surface area (Å²) in [6.45, 7) is 7.92. The molecule has 180 valence electrons. The van der Waals surface area contributed by atoms with Crippen molar-refractivity contribution in [3.63, 3.8) is 0 Å². The first-order valence-electron chi connectivity index (χ1n) is 11.5. The van der Waals surface area contributed by atoms with Crippen LogP contribution in [0.15, 0.2) is 35.4 Å². The Morgan fingerprint density at radius 1 is 1.09 bits per heavy atom. The standard InChI is InChI=1S/C24H30F3N3O3/c1-3-28-10-5-8-23(9-11-28)20(17(2)22(32)33-23)21(31)30-14-12-29(13-15-30)19-7-4-6-18(16-19)24(25,26)27/h4,6-7,16H,3,5,8-15H2,1-2H3. The van der Waals surface area contributed by atoms with E-state index in [1.165, 1.54) is 6.07 Å². The van der Waals surface area contributed by atoms with Gasteiger partial charge in [0.15, 0.2) is 0 Å². The van der Waals surface area contributed by atoms with Gasteiger partial charge in [-0.15, -0.1) is 0 Å². The number of ether oxygens (including phenoxy) is 1. The minimum atomic E-state index is -4.40. The first kappa shape index (κ1) is 23.6. The lowest BCUT2D eigenvalue weighted by atomic mass is 9.84. The van der Waals surface area contributed by atoms with E-state index in [1.54, 1.807) is 17.9 Å². The number of anilines is 1. The highest BCUT2D eigenvalue weighted by Crippen LogP contribution is 2.42. The van der Waals surface area contributed by atoms with Gasteiger partial charge in [-0.2, -0.15) is 13.2 Å². The summed E-state index contributed by atoms with van der Waals surface area (Å²) in [4.78, 5) is 31.9. The molecule has 1 atom stereocenters. The van der Waals surface area contributed by atoms with Gasteiger partial charge in [0, 0.05) is 50.4 Å². The predicted octanol–water partition coefficient (Wildman–Crippen LogP) is 3.47. The highest BCUT2D eigenvalue weighted by molar-refractivity contribution is 6.07. The maximum Gasteiger partial charge on any atom is 0.416 e. The average Bonchev–Trinajstić information content (AvgIpc) is 2.92. The van der Waals surface area contributed by atoms with Crippen LogP contribution in [0.3, 0.4) is 0 Å². The van der Waals surface area contributed by atoms with Crippen LogP contribution < -0.4 is 4.90 Å². The molecule has 0 N–H and O–H groups in total. The highest BCUT2D eigenvalue weighted by Gasteiger charge is 2.50. The topological polar surface area (TPSA) is 53.1 Å². The molecule has 2 fully saturated rings. The number of nitrogens with zero attached hydrogens (tertiary/aromatic N) is 3. The molecule has 9 heteroatoms. The molecule has 33 heavy (non-hydrogen) atoms. The largest absolute Gasteiger partial charge is 0.451 e. The second kappa shape index (κ2) is 9.00. The molecule has 3 aliphatic heterocycles. The number of benzene rings is 1. The highest BCUT2D eigenvalue weighted by atomic mass is 19.4. The van der Waals surface area contributed by atoms with Gasteiger partial charge in [0.05, 0.1) is 11.1 Å². The van der Waals surface area contributed by atoms with Crippen molar-refractivity contribution in [3.8, 4) is 0 Å². The number of piperazine rings is 1. The molecule has 1 unspecified atom stereocenters. The van der Waals surface area contributed by atoms with E-state index in [0.717, 1.165) is 38.2 Å². The van der Waals surface area contributed by atoms with E-state index in [-0.39, 0.29) is 5.91 Å². The van der Waals surface area contributed by atoms with Crippen LogP contribution in [0, 0.1) is 0 Å². The van der Waals surface area contributed by atoms with E-state index in [0.29, 0.717) is 55.9 Å². The quantitative estimate of drug-likeness (QED) is 0.640. The van der Waals surface area contributed by atoms with E-state index in [9.17, 15) is 22.8 Å². The fraction of sp³-hybridized carbons (Fsp3) is 0.583. The Morgan fingerprint density at radius 2 is 1.82 bits per heavy atom. The zero-order valence-electron chi connectivity index (χ0n) is 19.1. The fourth-order valence-electron chi connectivity index (χ4n) is 5.14. The first-order chi connectivity index (χ1) is 15.6. The molecule has 0 bridgehead atoms. The van der Waals surface area contributed by atoms with Crippen molar-refractivity contribution < 1.29 is 27.5 Å². The Kier molecular flexibility index (Phi) is 6.44. The molecule has 3 aliphatic rings. The number of rotatable bonds is 3. The van der Waals surface area contributed by atoms with Crippen molar-refractivity contribution in [2.45, 2.75) is 44.9 Å². The van der Waals surface area contributed by atoms with Crippen LogP contribution in [0.1, 0.15) is 38.7 Å². The van der Waals surface area contributed by atoms with Gasteiger partial charge >= 0.3 is 12.1 Å². The monoisotopic (exact) mass is 465 g/mol. The minimum Gasteiger partial charge on any atom is -0.451 e. The SMILES string of the molecule is CCN1CCCC2(CC1)OC(=O)C(C)=C2C(=O)N1CCN(c2cccc(C(F)(F)F)c2)CC1. The molecule has 1 spiro atoms. The van der Waals surface area contributed by atoms with Gasteiger partial charge in [-0.05, 0) is 51.1 Å². The van der Waals surface area contributed by atoms with Crippen molar-refractivity contribution in [1.29, 1.82) is 0 Å². The number of alkyl halides is 3. The van der Waals surface area contributed by atoms with E-state index in [2.05, 4.69) is 11.8 Å². The van der Waals surface area contributed by atoms with Gasteiger partial charge in [0.2, 0.25) is 0 Å². The predicted molar refractivity (Wildman–Crippen MR) is 118 cm³/mol. The summed E-state index contributed by atoms with van der Waals surface area (Å²) >= 11 is 0. The smallest absolute Gasteiger partial charge is 0.416 e. The van der Waals surface area contributed by atoms with Crippen LogP contribution in [0.4, 0.5) is 18.9 Å². The third-order valence-electron chi connectivity index (χ3n) is 7.08. The lowest BCUT2D eigenvalue weighted by Crippen LogP contribution is -2.51. The molecule has 4 rings (SSSR count). The average molecular weight is 466 g/mol. The van der Waals surface area contributed by atoms with Gasteiger partial charge in [0.1, 0.15) is 5.60 Å². The Labute approximate surface area is 192 Å². The van der Waals surface area contributed by atoms with Crippen LogP contribution in [-0.2, 0) is 20.5 Å². The summed E-state index contributed by atoms with van der Waals surface area (Å²) in [6.07, 6.45) is -2.34. The van der Waals surface area contributed by atoms with Crippen LogP contribution >= 0.6 is 0 Å². The van der Waals surface area contributed by atoms with Crippen molar-refractivity contribution in [1.82, 2.24) is 9.80 Å². The Morgan fingerprint density at radius 3 is 2.48 bits per heavy atom. The maximum atomic E-state index is 13.6. The molecule has 1 amide bonds. The second-order valence-electron chi connectivity index (χ2n) is 9.00. The van der Waals surface area contributed by atoms with Crippen molar-refractivity contribution >= 4 is 17.6 Å². The normalized spacial score (nSPS) is 24.9. The zero-order valence-corrected chi connectivity index (χ0v) is 19.1. The molecule has 6 nitrogen and oxygen atoms in total. The van der Waals surface area contributed by atoms with Crippen molar-refractivity contribution in [2.75, 3.05) is 50.7 Å². The van der Waals surface area contributed by atoms with Crippen LogP contribution in [-0.4, -0.2) is 73.1 Å². The third-order valence-corrected chi connectivity index (χ3v) is 7.08. The molecule has 1 aromatic carbocycles. The number of halogens is 3. The van der Waals surface area contributed by atoms with E-state index in [4.69, 9.17) is 4.74 Å². The van der Waals surface area contributed by atoms with E-state index in [1.807, 2.05) is 4.90 Å². The zero-order chi connectivity index (χ0) is 23.8. The lowest BCUT2D eigenvalue weighted by molar-refractivity contribution is -0.148. The Bertz CT molecular complexity index is 954. The fourth-order valence-corrected chi connectivity index (χ4v) is 5.14. The molecule has 0 saturated carbocycles. The number of amides is 1. The van der Waals surface area contributed by atoms with Gasteiger partial charge in [-0.25, -0.2) is 4.79 Å². The molecular weight excluding hydrogens is 435 g/mol. The summed E-state index contributed by atoms with van der Waals surface area (Å²) in [5, 5.41) is 0. The molecule has 1 aromatic rings. The van der Waals surface area contributed by atoms with Crippen molar-refractivity contribution in [3.05, 3.63) is 41.0 Å². The van der Waals surface area contributed by atoms with Crippen LogP contribution in [0.25, 0.3) is 0 Å². The molecule has 0 aliphatic carbocycles. The number of carbonyl (C=O) groups is 2. The van der Waals surface area contributed by atoms with Crippen molar-refractivity contribution in [2.24, 2.45) is 0 Å². The summed E-state index contributed by atoms with van der Waals surface area (Å²) in [5.74, 6) is -0.613. The third kappa shape index (κ3) is 4.60. The second-order valence-corrected chi connectivity index (χ2v) is 9.00. The number of likely N-dealkylation sites (tertiary alicyclic amines) is 1. The first-order valence-corrected chi connectivity index (χ1v) is 11.5. The number of esters is 1. The van der Waals surface area contributed by atoms with Crippen LogP contribution in [0.5, 0.6) is 0 Å². The van der Waals surface area contributed by atoms with E-state index >= 15 is 0 Å². The summed E-state index contributed by atoms with van der Waals surface area (Å²) < 4.78 is 45.1. The van der Waals surface area contributed by atoms with Gasteiger partial charge < -0.3 is 19.4 Å². The van der Waals surface area contributed by atoms with Gasteiger partial charge in [-0.3, -0.25) is 4.79 Å². The minimum absolute atomic E-state index is 0.188. The molecule has 0 radical (unpaired) electrons. The molecule has 2 saturated heterocycles. The summed E-state index contributed by atoms with van der Waals surface area (Å²) in [6, 6.07) is 5.26. The molecular formula is C24H30F3N3O3. The van der Waals surface area contributed by atoms with Gasteiger partial charge in [-0.1, -0.05) is 13.0 Å². The molecule has 0 aromatic heterocycles. The van der Waals surface area contributed by atoms with Crippen LogP contribution in [0.2, 0.25) is 0 Å². The number of carbonyl (C=O) groups excluding carboxylic acids is 2. The van der Waals surface area contributed by atoms with E-state index < -0.39 is 23.3 Å². The lowest BCUT2D eigenvalue weighted by Gasteiger charge is -2.38. The van der Waals surface area contributed by atoms with Gasteiger partial charge in [0.25, 0.3) is 5.91 Å². The number of hydrogen-bond acceptors (Lipinski definition) is 5. The summed E-state index contributed by atoms with van der Waals surface area (Å²) in [5.41, 5.74) is -0.215. The Hall–Kier alpha value is -2.55. The summed E-state index contributed by atoms with van der Waals surface area (Å²) in [7, 11) is 0. The Balaban J connectivity index is 1.48. The maximum absolute atomic E-state index is 13.6. The molecule has 3 heterocycles. The number of hydrogen-bond donors (Lipinski definition) is 0.